The number of hydrogen-bond acceptors (Lipinski definition) is 4. The van der Waals surface area contributed by atoms with Crippen LogP contribution in [0.5, 0.6) is 5.75 Å². The Hall–Kier alpha value is -3.46. The predicted octanol–water partition coefficient (Wildman–Crippen LogP) is 3.41. The Morgan fingerprint density at radius 1 is 1.13 bits per heavy atom. The number of benzene rings is 2. The van der Waals surface area contributed by atoms with E-state index in [1.807, 2.05) is 0 Å². The molecule has 0 aliphatic carbocycles. The molecule has 0 radical (unpaired) electrons. The minimum absolute atomic E-state index is 0.0483. The monoisotopic (exact) mass is 450 g/mol. The smallest absolute Gasteiger partial charge is 0.305 e. The summed E-state index contributed by atoms with van der Waals surface area (Å²) in [5, 5.41) is 21.0. The molecule has 162 valence electrons. The van der Waals surface area contributed by atoms with Gasteiger partial charge in [-0.15, -0.1) is 0 Å². The lowest BCUT2D eigenvalue weighted by Gasteiger charge is -2.09. The van der Waals surface area contributed by atoms with Crippen molar-refractivity contribution in [1.29, 1.82) is 0 Å². The molecule has 0 atom stereocenters. The number of aromatic hydroxyl groups is 1. The van der Waals surface area contributed by atoms with Crippen LogP contribution in [-0.2, 0) is 16.0 Å². The maximum absolute atomic E-state index is 14.1. The minimum Gasteiger partial charge on any atom is -0.505 e. The van der Waals surface area contributed by atoms with Crippen LogP contribution in [0, 0.1) is 18.6 Å². The van der Waals surface area contributed by atoms with Crippen molar-refractivity contribution in [2.24, 2.45) is 0 Å². The number of amides is 1. The van der Waals surface area contributed by atoms with Crippen LogP contribution in [0.3, 0.4) is 0 Å². The standard InChI is InChI=1S/C21H17ClF2N2O5/c1-10-12(8-19(28)25-5-4-20(29)30)13-7-18(27)16(24)9-17(13)26(10)21(31)11-2-3-14(22)15(23)6-11/h2-3,6-7,9,27H,4-5,8H2,1H3,(H,25,28)(H,29,30). The third kappa shape index (κ3) is 4.51. The summed E-state index contributed by atoms with van der Waals surface area (Å²) in [4.78, 5) is 36.0. The van der Waals surface area contributed by atoms with Gasteiger partial charge in [-0.3, -0.25) is 19.0 Å². The quantitative estimate of drug-likeness (QED) is 0.533. The Balaban J connectivity index is 2.07. The molecular formula is C21H17ClF2N2O5. The van der Waals surface area contributed by atoms with Gasteiger partial charge in [-0.2, -0.15) is 0 Å². The Bertz CT molecular complexity index is 1220. The van der Waals surface area contributed by atoms with Gasteiger partial charge in [0.15, 0.2) is 11.6 Å². The summed E-state index contributed by atoms with van der Waals surface area (Å²) < 4.78 is 29.1. The van der Waals surface area contributed by atoms with E-state index in [-0.39, 0.29) is 46.6 Å². The number of aromatic nitrogens is 1. The summed E-state index contributed by atoms with van der Waals surface area (Å²) in [6.07, 6.45) is -0.513. The molecule has 0 fully saturated rings. The molecule has 0 saturated heterocycles. The second-order valence-corrected chi connectivity index (χ2v) is 7.23. The van der Waals surface area contributed by atoms with Crippen LogP contribution in [0.4, 0.5) is 8.78 Å². The predicted molar refractivity (Wildman–Crippen MR) is 108 cm³/mol. The highest BCUT2D eigenvalue weighted by Gasteiger charge is 2.23. The van der Waals surface area contributed by atoms with Crippen LogP contribution in [-0.4, -0.2) is 39.1 Å². The van der Waals surface area contributed by atoms with Crippen molar-refractivity contribution in [3.05, 3.63) is 63.8 Å². The molecule has 2 aromatic carbocycles. The lowest BCUT2D eigenvalue weighted by atomic mass is 10.1. The van der Waals surface area contributed by atoms with E-state index in [9.17, 15) is 28.3 Å². The number of aliphatic carboxylic acids is 1. The molecule has 0 bridgehead atoms. The Morgan fingerprint density at radius 3 is 2.48 bits per heavy atom. The van der Waals surface area contributed by atoms with Crippen LogP contribution in [0.25, 0.3) is 10.9 Å². The van der Waals surface area contributed by atoms with Gasteiger partial charge in [0.25, 0.3) is 5.91 Å². The number of hydrogen-bond donors (Lipinski definition) is 3. The highest BCUT2D eigenvalue weighted by Crippen LogP contribution is 2.32. The highest BCUT2D eigenvalue weighted by atomic mass is 35.5. The first kappa shape index (κ1) is 22.2. The fourth-order valence-corrected chi connectivity index (χ4v) is 3.38. The van der Waals surface area contributed by atoms with Gasteiger partial charge < -0.3 is 15.5 Å². The zero-order valence-corrected chi connectivity index (χ0v) is 17.0. The van der Waals surface area contributed by atoms with Crippen molar-refractivity contribution in [2.45, 2.75) is 19.8 Å². The van der Waals surface area contributed by atoms with Gasteiger partial charge in [-0.05, 0) is 36.8 Å². The lowest BCUT2D eigenvalue weighted by molar-refractivity contribution is -0.136. The number of carbonyl (C=O) groups is 3. The van der Waals surface area contributed by atoms with E-state index >= 15 is 0 Å². The maximum Gasteiger partial charge on any atom is 0.305 e. The van der Waals surface area contributed by atoms with Crippen molar-refractivity contribution in [3.63, 3.8) is 0 Å². The van der Waals surface area contributed by atoms with Gasteiger partial charge in [-0.1, -0.05) is 11.6 Å². The Labute approximate surface area is 179 Å². The van der Waals surface area contributed by atoms with E-state index in [1.54, 1.807) is 0 Å². The molecule has 1 heterocycles. The molecule has 10 heteroatoms. The Morgan fingerprint density at radius 2 is 1.84 bits per heavy atom. The normalized spacial score (nSPS) is 11.0. The number of nitrogens with zero attached hydrogens (tertiary/aromatic N) is 1. The molecule has 1 aromatic heterocycles. The number of rotatable bonds is 6. The number of phenols is 1. The zero-order chi connectivity index (χ0) is 22.9. The summed E-state index contributed by atoms with van der Waals surface area (Å²) in [5.41, 5.74) is 0.656. The van der Waals surface area contributed by atoms with Gasteiger partial charge in [0.05, 0.1) is 23.4 Å². The number of halogens is 3. The first-order valence-electron chi connectivity index (χ1n) is 9.10. The first-order chi connectivity index (χ1) is 14.6. The zero-order valence-electron chi connectivity index (χ0n) is 16.2. The van der Waals surface area contributed by atoms with Crippen LogP contribution in [0.2, 0.25) is 5.02 Å². The second-order valence-electron chi connectivity index (χ2n) is 6.82. The summed E-state index contributed by atoms with van der Waals surface area (Å²) in [6.45, 7) is 1.44. The van der Waals surface area contributed by atoms with Gasteiger partial charge >= 0.3 is 5.97 Å². The number of fused-ring (bicyclic) bond motifs is 1. The van der Waals surface area contributed by atoms with Crippen molar-refractivity contribution < 1.29 is 33.4 Å². The summed E-state index contributed by atoms with van der Waals surface area (Å²) in [5.74, 6) is -4.71. The summed E-state index contributed by atoms with van der Waals surface area (Å²) >= 11 is 5.67. The van der Waals surface area contributed by atoms with Gasteiger partial charge in [0, 0.05) is 29.3 Å². The number of phenolic OH excluding ortho intramolecular Hbond substituents is 1. The molecule has 0 aliphatic rings. The molecule has 0 spiro atoms. The van der Waals surface area contributed by atoms with Crippen LogP contribution in [0.15, 0.2) is 30.3 Å². The number of carboxylic acid groups (broad SMARTS) is 1. The average molecular weight is 451 g/mol. The van der Waals surface area contributed by atoms with E-state index in [4.69, 9.17) is 16.7 Å². The lowest BCUT2D eigenvalue weighted by Crippen LogP contribution is -2.27. The fraction of sp³-hybridized carbons (Fsp3) is 0.190. The average Bonchev–Trinajstić information content (AvgIpc) is 2.94. The summed E-state index contributed by atoms with van der Waals surface area (Å²) in [7, 11) is 0. The van der Waals surface area contributed by atoms with Crippen LogP contribution >= 0.6 is 11.6 Å². The topological polar surface area (TPSA) is 109 Å². The molecule has 3 N–H and O–H groups in total. The van der Waals surface area contributed by atoms with Crippen LogP contribution in [0.1, 0.15) is 28.0 Å². The molecule has 1 amide bonds. The molecule has 31 heavy (non-hydrogen) atoms. The molecule has 0 saturated carbocycles. The van der Waals surface area contributed by atoms with E-state index in [0.29, 0.717) is 5.56 Å². The van der Waals surface area contributed by atoms with Crippen molar-refractivity contribution in [3.8, 4) is 5.75 Å². The molecule has 7 nitrogen and oxygen atoms in total. The van der Waals surface area contributed by atoms with Crippen molar-refractivity contribution >= 4 is 40.3 Å². The number of nitrogens with one attached hydrogen (secondary N) is 1. The fourth-order valence-electron chi connectivity index (χ4n) is 3.26. The van der Waals surface area contributed by atoms with Crippen LogP contribution < -0.4 is 5.32 Å². The molecule has 0 aliphatic heterocycles. The molecular weight excluding hydrogens is 434 g/mol. The van der Waals surface area contributed by atoms with E-state index in [0.717, 1.165) is 22.8 Å². The van der Waals surface area contributed by atoms with E-state index in [1.165, 1.54) is 19.1 Å². The van der Waals surface area contributed by atoms with Gasteiger partial charge in [0.1, 0.15) is 5.82 Å². The van der Waals surface area contributed by atoms with E-state index in [2.05, 4.69) is 5.32 Å². The third-order valence-electron chi connectivity index (χ3n) is 4.77. The van der Waals surface area contributed by atoms with E-state index < -0.39 is 35.2 Å². The number of carbonyl (C=O) groups excluding carboxylic acids is 2. The minimum atomic E-state index is -1.07. The number of carboxylic acids is 1. The highest BCUT2D eigenvalue weighted by molar-refractivity contribution is 6.30. The summed E-state index contributed by atoms with van der Waals surface area (Å²) in [6, 6.07) is 5.53. The molecule has 3 aromatic rings. The largest absolute Gasteiger partial charge is 0.505 e. The third-order valence-corrected chi connectivity index (χ3v) is 5.08. The van der Waals surface area contributed by atoms with Crippen molar-refractivity contribution in [1.82, 2.24) is 9.88 Å². The van der Waals surface area contributed by atoms with Gasteiger partial charge in [0.2, 0.25) is 5.91 Å². The second kappa shape index (κ2) is 8.73. The van der Waals surface area contributed by atoms with Gasteiger partial charge in [-0.25, -0.2) is 8.78 Å². The van der Waals surface area contributed by atoms with Crippen molar-refractivity contribution in [2.75, 3.05) is 6.54 Å². The molecule has 0 unspecified atom stereocenters. The SMILES string of the molecule is Cc1c(CC(=O)NCCC(=O)O)c2cc(O)c(F)cc2n1C(=O)c1ccc(Cl)c(F)c1. The molecule has 3 rings (SSSR count). The Kier molecular flexibility index (Phi) is 6.26. The first-order valence-corrected chi connectivity index (χ1v) is 9.48. The maximum atomic E-state index is 14.1.